The van der Waals surface area contributed by atoms with Crippen LogP contribution in [0.25, 0.3) is 0 Å². The molecule has 0 unspecified atom stereocenters. The normalized spacial score (nSPS) is 17.3. The third-order valence-electron chi connectivity index (χ3n) is 2.69. The molecule has 1 fully saturated rings. The molecule has 1 amide bonds. The first kappa shape index (κ1) is 11.1. The van der Waals surface area contributed by atoms with Crippen molar-refractivity contribution in [3.8, 4) is 0 Å². The van der Waals surface area contributed by atoms with Crippen LogP contribution in [0.3, 0.4) is 0 Å². The van der Waals surface area contributed by atoms with E-state index in [1.165, 1.54) is 12.1 Å². The number of nitrogens with one attached hydrogen (secondary N) is 1. The Morgan fingerprint density at radius 3 is 3.06 bits per heavy atom. The summed E-state index contributed by atoms with van der Waals surface area (Å²) in [4.78, 5) is 13.5. The highest BCUT2D eigenvalue weighted by Crippen LogP contribution is 2.09. The molecule has 86 valence electrons. The van der Waals surface area contributed by atoms with E-state index in [2.05, 4.69) is 5.32 Å². The van der Waals surface area contributed by atoms with Crippen LogP contribution in [0, 0.1) is 5.82 Å². The molecule has 1 aliphatic heterocycles. The van der Waals surface area contributed by atoms with Crippen molar-refractivity contribution in [1.29, 1.82) is 0 Å². The van der Waals surface area contributed by atoms with Gasteiger partial charge in [-0.15, -0.1) is 0 Å². The zero-order valence-electron chi connectivity index (χ0n) is 9.08. The highest BCUT2D eigenvalue weighted by Gasteiger charge is 2.16. The molecule has 0 aromatic heterocycles. The van der Waals surface area contributed by atoms with Gasteiger partial charge < -0.3 is 10.2 Å². The predicted molar refractivity (Wildman–Crippen MR) is 59.3 cm³/mol. The van der Waals surface area contributed by atoms with Gasteiger partial charge in [-0.1, -0.05) is 12.1 Å². The fourth-order valence-electron chi connectivity index (χ4n) is 1.84. The zero-order valence-corrected chi connectivity index (χ0v) is 9.08. The molecule has 1 aromatic carbocycles. The van der Waals surface area contributed by atoms with Crippen LogP contribution in [0.1, 0.15) is 12.0 Å². The van der Waals surface area contributed by atoms with Crippen molar-refractivity contribution in [2.75, 3.05) is 19.6 Å². The smallest absolute Gasteiger partial charge is 0.224 e. The molecule has 1 heterocycles. The van der Waals surface area contributed by atoms with E-state index >= 15 is 0 Å². The third kappa shape index (κ3) is 2.79. The van der Waals surface area contributed by atoms with Crippen LogP contribution < -0.4 is 5.32 Å². The summed E-state index contributed by atoms with van der Waals surface area (Å²) < 4.78 is 13.0. The molecule has 1 aliphatic rings. The summed E-state index contributed by atoms with van der Waals surface area (Å²) >= 11 is 0. The molecule has 0 atom stereocenters. The average molecular weight is 222 g/mol. The Labute approximate surface area is 94.3 Å². The highest BCUT2D eigenvalue weighted by molar-refractivity contribution is 5.76. The summed E-state index contributed by atoms with van der Waals surface area (Å²) in [6.45, 7) is 2.73. The molecule has 0 radical (unpaired) electrons. The topological polar surface area (TPSA) is 32.3 Å². The molecule has 1 N–H and O–H groups in total. The number of carbonyl (C=O) groups excluding carboxylic acids is 1. The van der Waals surface area contributed by atoms with Gasteiger partial charge in [0.1, 0.15) is 5.82 Å². The molecule has 4 heteroatoms. The predicted octanol–water partition coefficient (Wildman–Crippen LogP) is 1.15. The van der Waals surface area contributed by atoms with Gasteiger partial charge in [0.2, 0.25) is 5.91 Å². The lowest BCUT2D eigenvalue weighted by atomic mass is 10.2. The zero-order chi connectivity index (χ0) is 11.4. The Hall–Kier alpha value is -1.42. The van der Waals surface area contributed by atoms with Gasteiger partial charge in [-0.2, -0.15) is 0 Å². The van der Waals surface area contributed by atoms with E-state index < -0.39 is 0 Å². The average Bonchev–Trinajstić information content (AvgIpc) is 2.45. The summed E-state index contributed by atoms with van der Waals surface area (Å²) in [7, 11) is 0. The van der Waals surface area contributed by atoms with E-state index in [0.717, 1.165) is 18.7 Å². The van der Waals surface area contributed by atoms with E-state index in [1.54, 1.807) is 11.0 Å². The van der Waals surface area contributed by atoms with Gasteiger partial charge in [0.25, 0.3) is 0 Å². The van der Waals surface area contributed by atoms with Crippen LogP contribution in [0.15, 0.2) is 24.3 Å². The Bertz CT molecular complexity index is 381. The number of amides is 1. The maximum Gasteiger partial charge on any atom is 0.224 e. The van der Waals surface area contributed by atoms with E-state index in [4.69, 9.17) is 0 Å². The van der Waals surface area contributed by atoms with Crippen molar-refractivity contribution in [2.45, 2.75) is 13.0 Å². The first-order valence-electron chi connectivity index (χ1n) is 5.48. The Morgan fingerprint density at radius 2 is 2.25 bits per heavy atom. The van der Waals surface area contributed by atoms with Crippen molar-refractivity contribution < 1.29 is 9.18 Å². The van der Waals surface area contributed by atoms with Gasteiger partial charge in [-0.25, -0.2) is 4.39 Å². The number of hydrogen-bond acceptors (Lipinski definition) is 2. The number of benzene rings is 1. The minimum absolute atomic E-state index is 0.134. The Morgan fingerprint density at radius 1 is 1.38 bits per heavy atom. The lowest BCUT2D eigenvalue weighted by molar-refractivity contribution is -0.130. The fraction of sp³-hybridized carbons (Fsp3) is 0.417. The van der Waals surface area contributed by atoms with Crippen LogP contribution in [0.5, 0.6) is 0 Å². The van der Waals surface area contributed by atoms with Crippen LogP contribution in [0.2, 0.25) is 0 Å². The first-order valence-corrected chi connectivity index (χ1v) is 5.48. The maximum absolute atomic E-state index is 13.0. The second-order valence-electron chi connectivity index (χ2n) is 3.95. The van der Waals surface area contributed by atoms with Crippen molar-refractivity contribution in [2.24, 2.45) is 0 Å². The number of hydrogen-bond donors (Lipinski definition) is 1. The number of nitrogens with zero attached hydrogens (tertiary/aromatic N) is 1. The van der Waals surface area contributed by atoms with Gasteiger partial charge in [0.15, 0.2) is 0 Å². The van der Waals surface area contributed by atoms with Gasteiger partial charge >= 0.3 is 0 Å². The number of halogens is 1. The summed E-state index contributed by atoms with van der Waals surface area (Å²) in [6, 6.07) is 6.40. The highest BCUT2D eigenvalue weighted by atomic mass is 19.1. The molecule has 0 bridgehead atoms. The Balaban J connectivity index is 2.05. The second-order valence-corrected chi connectivity index (χ2v) is 3.95. The van der Waals surface area contributed by atoms with Gasteiger partial charge in [-0.3, -0.25) is 4.79 Å². The second kappa shape index (κ2) is 5.07. The van der Waals surface area contributed by atoms with Gasteiger partial charge in [0.05, 0.1) is 0 Å². The summed E-state index contributed by atoms with van der Waals surface area (Å²) in [6.07, 6.45) is 0.523. The molecule has 0 spiro atoms. The molecule has 0 saturated carbocycles. The van der Waals surface area contributed by atoms with Crippen molar-refractivity contribution in [1.82, 2.24) is 10.2 Å². The van der Waals surface area contributed by atoms with Gasteiger partial charge in [-0.05, 0) is 17.7 Å². The molecule has 1 saturated heterocycles. The largest absolute Gasteiger partial charge is 0.337 e. The van der Waals surface area contributed by atoms with Crippen molar-refractivity contribution >= 4 is 5.91 Å². The summed E-state index contributed by atoms with van der Waals surface area (Å²) in [5.41, 5.74) is 0.843. The molecular formula is C12H15FN2O. The van der Waals surface area contributed by atoms with Crippen LogP contribution in [-0.2, 0) is 11.3 Å². The third-order valence-corrected chi connectivity index (χ3v) is 2.69. The SMILES string of the molecule is O=C1CCNCCN1Cc1cccc(F)c1. The Kier molecular flexibility index (Phi) is 3.51. The van der Waals surface area contributed by atoms with Crippen LogP contribution in [-0.4, -0.2) is 30.4 Å². The maximum atomic E-state index is 13.0. The van der Waals surface area contributed by atoms with E-state index in [9.17, 15) is 9.18 Å². The molecule has 3 nitrogen and oxygen atoms in total. The van der Waals surface area contributed by atoms with Crippen molar-refractivity contribution in [3.63, 3.8) is 0 Å². The number of carbonyl (C=O) groups is 1. The standard InChI is InChI=1S/C12H15FN2O/c13-11-3-1-2-10(8-11)9-15-7-6-14-5-4-12(15)16/h1-3,8,14H,4-7,9H2. The number of rotatable bonds is 2. The quantitative estimate of drug-likeness (QED) is 0.814. The van der Waals surface area contributed by atoms with E-state index in [0.29, 0.717) is 19.5 Å². The minimum Gasteiger partial charge on any atom is -0.337 e. The van der Waals surface area contributed by atoms with Crippen LogP contribution >= 0.6 is 0 Å². The van der Waals surface area contributed by atoms with Gasteiger partial charge in [0, 0.05) is 32.6 Å². The molecule has 2 rings (SSSR count). The first-order chi connectivity index (χ1) is 7.75. The molecule has 16 heavy (non-hydrogen) atoms. The summed E-state index contributed by atoms with van der Waals surface area (Å²) in [5.74, 6) is -0.118. The monoisotopic (exact) mass is 222 g/mol. The fourth-order valence-corrected chi connectivity index (χ4v) is 1.84. The summed E-state index contributed by atoms with van der Waals surface area (Å²) in [5, 5.41) is 3.17. The lowest BCUT2D eigenvalue weighted by Gasteiger charge is -2.20. The molecule has 1 aromatic rings. The minimum atomic E-state index is -0.252. The van der Waals surface area contributed by atoms with E-state index in [-0.39, 0.29) is 11.7 Å². The van der Waals surface area contributed by atoms with E-state index in [1.807, 2.05) is 6.07 Å². The van der Waals surface area contributed by atoms with Crippen molar-refractivity contribution in [3.05, 3.63) is 35.6 Å². The molecular weight excluding hydrogens is 207 g/mol. The molecule has 0 aliphatic carbocycles. The lowest BCUT2D eigenvalue weighted by Crippen LogP contribution is -2.31. The van der Waals surface area contributed by atoms with Crippen LogP contribution in [0.4, 0.5) is 4.39 Å².